The molecule has 1 unspecified atom stereocenters. The number of aliphatic hydroxyl groups excluding tert-OH is 1. The molecule has 3 N–H and O–H groups in total. The van der Waals surface area contributed by atoms with Crippen LogP contribution in [0.1, 0.15) is 33.6 Å². The van der Waals surface area contributed by atoms with E-state index in [1.54, 1.807) is 0 Å². The normalized spacial score (nSPS) is 13.7. The Morgan fingerprint density at radius 2 is 1.89 bits per heavy atom. The standard InChI is InChI=1S/C12H23N5O2/c1-5-7-13-9-14-10(16-11(15-9)19-4)17-12(3,6-2)8-18/h18H,5-8H2,1-4H3,(H2,13,14,15,16,17). The van der Waals surface area contributed by atoms with Gasteiger partial charge in [0.15, 0.2) is 0 Å². The molecular formula is C12H23N5O2. The van der Waals surface area contributed by atoms with Crippen LogP contribution in [0.2, 0.25) is 0 Å². The van der Waals surface area contributed by atoms with Crippen LogP contribution in [0.25, 0.3) is 0 Å². The number of nitrogens with zero attached hydrogens (tertiary/aromatic N) is 3. The predicted molar refractivity (Wildman–Crippen MR) is 74.6 cm³/mol. The minimum absolute atomic E-state index is 0.00474. The fraction of sp³-hybridized carbons (Fsp3) is 0.750. The van der Waals surface area contributed by atoms with Gasteiger partial charge in [0.25, 0.3) is 0 Å². The molecule has 0 aromatic carbocycles. The smallest absolute Gasteiger partial charge is 0.322 e. The van der Waals surface area contributed by atoms with E-state index in [1.807, 2.05) is 13.8 Å². The van der Waals surface area contributed by atoms with Gasteiger partial charge in [-0.1, -0.05) is 13.8 Å². The largest absolute Gasteiger partial charge is 0.467 e. The van der Waals surface area contributed by atoms with Gasteiger partial charge in [0.1, 0.15) is 0 Å². The third-order valence-electron chi connectivity index (χ3n) is 2.87. The number of anilines is 2. The van der Waals surface area contributed by atoms with Crippen molar-refractivity contribution in [2.24, 2.45) is 0 Å². The van der Waals surface area contributed by atoms with Crippen LogP contribution in [0.5, 0.6) is 6.01 Å². The van der Waals surface area contributed by atoms with Crippen LogP contribution in [-0.2, 0) is 0 Å². The number of nitrogens with one attached hydrogen (secondary N) is 2. The summed E-state index contributed by atoms with van der Waals surface area (Å²) < 4.78 is 5.05. The van der Waals surface area contributed by atoms with Crippen LogP contribution in [0, 0.1) is 0 Å². The number of rotatable bonds is 8. The van der Waals surface area contributed by atoms with Crippen molar-refractivity contribution in [1.82, 2.24) is 15.0 Å². The molecular weight excluding hydrogens is 246 g/mol. The van der Waals surface area contributed by atoms with Crippen molar-refractivity contribution in [3.8, 4) is 6.01 Å². The molecule has 108 valence electrons. The Morgan fingerprint density at radius 1 is 1.21 bits per heavy atom. The topological polar surface area (TPSA) is 92.2 Å². The third kappa shape index (κ3) is 4.51. The second kappa shape index (κ2) is 7.08. The molecule has 19 heavy (non-hydrogen) atoms. The molecule has 7 heteroatoms. The molecule has 1 aromatic rings. The average molecular weight is 269 g/mol. The highest BCUT2D eigenvalue weighted by Gasteiger charge is 2.22. The van der Waals surface area contributed by atoms with E-state index in [2.05, 4.69) is 32.5 Å². The quantitative estimate of drug-likeness (QED) is 0.654. The maximum atomic E-state index is 9.40. The lowest BCUT2D eigenvalue weighted by molar-refractivity contribution is 0.218. The van der Waals surface area contributed by atoms with E-state index in [9.17, 15) is 5.11 Å². The predicted octanol–water partition coefficient (Wildman–Crippen LogP) is 1.27. The van der Waals surface area contributed by atoms with Gasteiger partial charge in [0.05, 0.1) is 19.3 Å². The average Bonchev–Trinajstić information content (AvgIpc) is 2.44. The summed E-state index contributed by atoms with van der Waals surface area (Å²) in [7, 11) is 1.51. The monoisotopic (exact) mass is 269 g/mol. The Labute approximate surface area is 113 Å². The minimum atomic E-state index is -0.464. The van der Waals surface area contributed by atoms with E-state index in [-0.39, 0.29) is 12.6 Å². The number of aliphatic hydroxyl groups is 1. The Hall–Kier alpha value is -1.63. The zero-order chi connectivity index (χ0) is 14.3. The fourth-order valence-corrected chi connectivity index (χ4v) is 1.33. The molecule has 0 aliphatic heterocycles. The summed E-state index contributed by atoms with van der Waals surface area (Å²) in [6, 6.07) is 0.243. The molecule has 0 fully saturated rings. The zero-order valence-corrected chi connectivity index (χ0v) is 12.0. The lowest BCUT2D eigenvalue weighted by atomic mass is 10.0. The van der Waals surface area contributed by atoms with E-state index in [0.717, 1.165) is 19.4 Å². The summed E-state index contributed by atoms with van der Waals surface area (Å²) in [5.41, 5.74) is -0.464. The van der Waals surface area contributed by atoms with E-state index >= 15 is 0 Å². The molecule has 7 nitrogen and oxygen atoms in total. The second-order valence-electron chi connectivity index (χ2n) is 4.59. The van der Waals surface area contributed by atoms with Crippen molar-refractivity contribution >= 4 is 11.9 Å². The van der Waals surface area contributed by atoms with E-state index in [0.29, 0.717) is 11.9 Å². The highest BCUT2D eigenvalue weighted by atomic mass is 16.5. The van der Waals surface area contributed by atoms with Crippen molar-refractivity contribution in [3.05, 3.63) is 0 Å². The van der Waals surface area contributed by atoms with Crippen molar-refractivity contribution in [2.45, 2.75) is 39.2 Å². The molecule has 0 bridgehead atoms. The van der Waals surface area contributed by atoms with Gasteiger partial charge in [0.2, 0.25) is 11.9 Å². The number of ether oxygens (including phenoxy) is 1. The van der Waals surface area contributed by atoms with Crippen LogP contribution in [0.3, 0.4) is 0 Å². The van der Waals surface area contributed by atoms with Crippen LogP contribution in [-0.4, -0.2) is 45.9 Å². The van der Waals surface area contributed by atoms with Gasteiger partial charge in [-0.15, -0.1) is 0 Å². The van der Waals surface area contributed by atoms with Gasteiger partial charge in [-0.2, -0.15) is 15.0 Å². The first-order valence-corrected chi connectivity index (χ1v) is 6.50. The van der Waals surface area contributed by atoms with Crippen LogP contribution in [0.4, 0.5) is 11.9 Å². The van der Waals surface area contributed by atoms with Crippen LogP contribution >= 0.6 is 0 Å². The van der Waals surface area contributed by atoms with Gasteiger partial charge in [-0.3, -0.25) is 0 Å². The van der Waals surface area contributed by atoms with E-state index in [1.165, 1.54) is 7.11 Å². The lowest BCUT2D eigenvalue weighted by Gasteiger charge is -2.27. The first-order chi connectivity index (χ1) is 9.06. The maximum Gasteiger partial charge on any atom is 0.322 e. The summed E-state index contributed by atoms with van der Waals surface area (Å²) in [6.45, 7) is 6.72. The van der Waals surface area contributed by atoms with E-state index < -0.39 is 5.54 Å². The molecule has 1 heterocycles. The van der Waals surface area contributed by atoms with Gasteiger partial charge in [0, 0.05) is 6.54 Å². The van der Waals surface area contributed by atoms with Crippen molar-refractivity contribution in [2.75, 3.05) is 30.9 Å². The van der Waals surface area contributed by atoms with Crippen molar-refractivity contribution in [1.29, 1.82) is 0 Å². The summed E-state index contributed by atoms with van der Waals surface area (Å²) in [6.07, 6.45) is 1.72. The number of aromatic nitrogens is 3. The molecule has 0 radical (unpaired) electrons. The van der Waals surface area contributed by atoms with E-state index in [4.69, 9.17) is 4.74 Å². The highest BCUT2D eigenvalue weighted by molar-refractivity contribution is 5.37. The Bertz CT molecular complexity index is 396. The molecule has 0 aliphatic carbocycles. The fourth-order valence-electron chi connectivity index (χ4n) is 1.33. The SMILES string of the molecule is CCCNc1nc(NC(C)(CC)CO)nc(OC)n1. The molecule has 1 aromatic heterocycles. The second-order valence-corrected chi connectivity index (χ2v) is 4.59. The van der Waals surface area contributed by atoms with Crippen molar-refractivity contribution < 1.29 is 9.84 Å². The number of hydrogen-bond acceptors (Lipinski definition) is 7. The summed E-state index contributed by atoms with van der Waals surface area (Å²) >= 11 is 0. The molecule has 0 saturated carbocycles. The minimum Gasteiger partial charge on any atom is -0.467 e. The Kier molecular flexibility index (Phi) is 5.75. The molecule has 1 rings (SSSR count). The molecule has 0 spiro atoms. The van der Waals surface area contributed by atoms with Crippen LogP contribution in [0.15, 0.2) is 0 Å². The summed E-state index contributed by atoms with van der Waals surface area (Å²) in [4.78, 5) is 12.5. The number of hydrogen-bond donors (Lipinski definition) is 3. The van der Waals surface area contributed by atoms with Gasteiger partial charge in [-0.05, 0) is 19.8 Å². The molecule has 0 saturated heterocycles. The Morgan fingerprint density at radius 3 is 2.42 bits per heavy atom. The summed E-state index contributed by atoms with van der Waals surface area (Å²) in [5, 5.41) is 15.6. The van der Waals surface area contributed by atoms with Crippen LogP contribution < -0.4 is 15.4 Å². The third-order valence-corrected chi connectivity index (χ3v) is 2.87. The zero-order valence-electron chi connectivity index (χ0n) is 12.0. The molecule has 0 amide bonds. The molecule has 0 aliphatic rings. The Balaban J connectivity index is 2.92. The maximum absolute atomic E-state index is 9.40. The highest BCUT2D eigenvalue weighted by Crippen LogP contribution is 2.17. The first kappa shape index (κ1) is 15.4. The van der Waals surface area contributed by atoms with Crippen molar-refractivity contribution in [3.63, 3.8) is 0 Å². The van der Waals surface area contributed by atoms with Gasteiger partial charge in [-0.25, -0.2) is 0 Å². The number of methoxy groups -OCH3 is 1. The van der Waals surface area contributed by atoms with Gasteiger partial charge >= 0.3 is 6.01 Å². The van der Waals surface area contributed by atoms with Gasteiger partial charge < -0.3 is 20.5 Å². The first-order valence-electron chi connectivity index (χ1n) is 6.50. The summed E-state index contributed by atoms with van der Waals surface area (Å²) in [5.74, 6) is 0.858. The lowest BCUT2D eigenvalue weighted by Crippen LogP contribution is -2.38. The molecule has 1 atom stereocenters.